The SMILES string of the molecule is CCCCCCCCCCCCCCCCCCCCCCCCCCCCCCCCCCCCCCCCCCCC(=O)OC(CO)COC(=O)CCCCCCCCCCCCCCCCCCCCCCCCCCCCCCCCCC. The number of carbonyl (C=O) groups excluding carboxylic acids is 2. The molecule has 5 heteroatoms. The number of hydrogen-bond acceptors (Lipinski definition) is 5. The van der Waals surface area contributed by atoms with Crippen LogP contribution in [0.5, 0.6) is 0 Å². The fraction of sp³-hybridized carbons (Fsp3) is 0.976. The highest BCUT2D eigenvalue weighted by Crippen LogP contribution is 2.21. The summed E-state index contributed by atoms with van der Waals surface area (Å²) in [5.41, 5.74) is 0. The van der Waals surface area contributed by atoms with Crippen LogP contribution in [0.1, 0.15) is 495 Å². The highest BCUT2D eigenvalue weighted by Gasteiger charge is 2.16. The van der Waals surface area contributed by atoms with E-state index in [-0.39, 0.29) is 25.2 Å². The molecule has 1 N–H and O–H groups in total. The van der Waals surface area contributed by atoms with Crippen molar-refractivity contribution < 1.29 is 24.2 Å². The van der Waals surface area contributed by atoms with Crippen LogP contribution >= 0.6 is 0 Å². The van der Waals surface area contributed by atoms with Crippen LogP contribution in [0.15, 0.2) is 0 Å². The Morgan fingerprint density at radius 2 is 0.356 bits per heavy atom. The molecule has 0 aromatic carbocycles. The highest BCUT2D eigenvalue weighted by molar-refractivity contribution is 5.70. The molecule has 0 radical (unpaired) electrons. The highest BCUT2D eigenvalue weighted by atomic mass is 16.6. The van der Waals surface area contributed by atoms with Crippen molar-refractivity contribution >= 4 is 11.9 Å². The normalized spacial score (nSPS) is 12.0. The third-order valence-corrected chi connectivity index (χ3v) is 19.7. The van der Waals surface area contributed by atoms with Gasteiger partial charge in [-0.15, -0.1) is 0 Å². The van der Waals surface area contributed by atoms with Gasteiger partial charge in [-0.25, -0.2) is 0 Å². The van der Waals surface area contributed by atoms with Crippen LogP contribution in [0.25, 0.3) is 0 Å². The fourth-order valence-electron chi connectivity index (χ4n) is 13.5. The van der Waals surface area contributed by atoms with Crippen LogP contribution in [-0.2, 0) is 19.1 Å². The smallest absolute Gasteiger partial charge is 0.306 e. The van der Waals surface area contributed by atoms with Crippen molar-refractivity contribution in [2.24, 2.45) is 0 Å². The Bertz CT molecular complexity index is 1250. The quantitative estimate of drug-likeness (QED) is 0.0485. The van der Waals surface area contributed by atoms with Crippen molar-refractivity contribution in [1.29, 1.82) is 0 Å². The van der Waals surface area contributed by atoms with E-state index in [2.05, 4.69) is 13.8 Å². The second-order valence-electron chi connectivity index (χ2n) is 28.6. The van der Waals surface area contributed by atoms with E-state index in [0.29, 0.717) is 12.8 Å². The lowest BCUT2D eigenvalue weighted by atomic mass is 10.0. The first-order valence-electron chi connectivity index (χ1n) is 41.1. The van der Waals surface area contributed by atoms with E-state index in [9.17, 15) is 14.7 Å². The molecule has 0 saturated carbocycles. The number of aliphatic hydroxyl groups is 1. The first-order chi connectivity index (χ1) is 43.1. The Hall–Kier alpha value is -1.10. The van der Waals surface area contributed by atoms with Crippen LogP contribution in [-0.4, -0.2) is 36.4 Å². The van der Waals surface area contributed by atoms with Crippen LogP contribution in [0.3, 0.4) is 0 Å². The second kappa shape index (κ2) is 79.1. The molecule has 520 valence electrons. The summed E-state index contributed by atoms with van der Waals surface area (Å²) in [6.45, 7) is 4.24. The van der Waals surface area contributed by atoms with Gasteiger partial charge in [-0.1, -0.05) is 470 Å². The molecule has 0 rings (SSSR count). The lowest BCUT2D eigenvalue weighted by Crippen LogP contribution is -2.28. The van der Waals surface area contributed by atoms with Gasteiger partial charge in [0.15, 0.2) is 6.10 Å². The molecule has 0 aliphatic heterocycles. The molecule has 0 spiro atoms. The van der Waals surface area contributed by atoms with Crippen molar-refractivity contribution in [3.05, 3.63) is 0 Å². The maximum Gasteiger partial charge on any atom is 0.306 e. The predicted molar refractivity (Wildman–Crippen MR) is 386 cm³/mol. The van der Waals surface area contributed by atoms with Gasteiger partial charge >= 0.3 is 11.9 Å². The molecule has 0 fully saturated rings. The van der Waals surface area contributed by atoms with Crippen molar-refractivity contribution in [1.82, 2.24) is 0 Å². The molecular weight excluding hydrogens is 1060 g/mol. The van der Waals surface area contributed by atoms with E-state index in [0.717, 1.165) is 32.1 Å². The molecule has 0 amide bonds. The van der Waals surface area contributed by atoms with Gasteiger partial charge < -0.3 is 14.6 Å². The van der Waals surface area contributed by atoms with E-state index in [1.807, 2.05) is 0 Å². The van der Waals surface area contributed by atoms with Crippen molar-refractivity contribution in [3.63, 3.8) is 0 Å². The minimum Gasteiger partial charge on any atom is -0.462 e. The summed E-state index contributed by atoms with van der Waals surface area (Å²) in [6, 6.07) is 0. The predicted octanol–water partition coefficient (Wildman–Crippen LogP) is 28.7. The molecule has 0 aromatic rings. The van der Waals surface area contributed by atoms with Gasteiger partial charge in [-0.05, 0) is 12.8 Å². The van der Waals surface area contributed by atoms with E-state index in [1.165, 1.54) is 437 Å². The summed E-state index contributed by atoms with van der Waals surface area (Å²) >= 11 is 0. The zero-order chi connectivity index (χ0) is 62.6. The second-order valence-corrected chi connectivity index (χ2v) is 28.6. The Labute approximate surface area is 548 Å². The van der Waals surface area contributed by atoms with Gasteiger partial charge in [-0.3, -0.25) is 9.59 Å². The molecule has 0 aromatic heterocycles. The van der Waals surface area contributed by atoms with Crippen LogP contribution in [0.2, 0.25) is 0 Å². The van der Waals surface area contributed by atoms with Gasteiger partial charge in [0.2, 0.25) is 0 Å². The lowest BCUT2D eigenvalue weighted by Gasteiger charge is -2.15. The van der Waals surface area contributed by atoms with Gasteiger partial charge in [0, 0.05) is 12.8 Å². The van der Waals surface area contributed by atoms with E-state index >= 15 is 0 Å². The minimum absolute atomic E-state index is 0.0551. The molecular formula is C82H162O5. The van der Waals surface area contributed by atoms with E-state index in [4.69, 9.17) is 9.47 Å². The van der Waals surface area contributed by atoms with Gasteiger partial charge in [-0.2, -0.15) is 0 Å². The zero-order valence-electron chi connectivity index (χ0n) is 60.1. The lowest BCUT2D eigenvalue weighted by molar-refractivity contribution is -0.161. The molecule has 1 unspecified atom stereocenters. The third kappa shape index (κ3) is 77.3. The van der Waals surface area contributed by atoms with Crippen molar-refractivity contribution in [3.8, 4) is 0 Å². The van der Waals surface area contributed by atoms with Crippen LogP contribution < -0.4 is 0 Å². The first-order valence-corrected chi connectivity index (χ1v) is 41.1. The largest absolute Gasteiger partial charge is 0.462 e. The Morgan fingerprint density at radius 3 is 0.506 bits per heavy atom. The monoisotopic (exact) mass is 1230 g/mol. The summed E-state index contributed by atoms with van der Waals surface area (Å²) in [5, 5.41) is 9.73. The number of rotatable bonds is 79. The van der Waals surface area contributed by atoms with Gasteiger partial charge in [0.25, 0.3) is 0 Å². The molecule has 87 heavy (non-hydrogen) atoms. The first kappa shape index (κ1) is 85.9. The third-order valence-electron chi connectivity index (χ3n) is 19.7. The number of aliphatic hydroxyl groups excluding tert-OH is 1. The maximum absolute atomic E-state index is 12.4. The molecule has 0 heterocycles. The molecule has 0 saturated heterocycles. The van der Waals surface area contributed by atoms with Gasteiger partial charge in [0.1, 0.15) is 6.61 Å². The van der Waals surface area contributed by atoms with Crippen molar-refractivity contribution in [2.45, 2.75) is 502 Å². The fourth-order valence-corrected chi connectivity index (χ4v) is 13.5. The minimum atomic E-state index is -0.766. The number of unbranched alkanes of at least 4 members (excludes halogenated alkanes) is 71. The average molecular weight is 1230 g/mol. The summed E-state index contributed by atoms with van der Waals surface area (Å²) in [5.74, 6) is -0.555. The van der Waals surface area contributed by atoms with E-state index < -0.39 is 6.10 Å². The molecule has 5 nitrogen and oxygen atoms in total. The summed E-state index contributed by atoms with van der Waals surface area (Å²) in [4.78, 5) is 24.7. The summed E-state index contributed by atoms with van der Waals surface area (Å²) in [7, 11) is 0. The number of carbonyl (C=O) groups is 2. The van der Waals surface area contributed by atoms with Crippen LogP contribution in [0, 0.1) is 0 Å². The van der Waals surface area contributed by atoms with Crippen LogP contribution in [0.4, 0.5) is 0 Å². The Kier molecular flexibility index (Phi) is 78.1. The van der Waals surface area contributed by atoms with Crippen molar-refractivity contribution in [2.75, 3.05) is 13.2 Å². The number of ether oxygens (including phenoxy) is 2. The number of hydrogen-bond donors (Lipinski definition) is 1. The van der Waals surface area contributed by atoms with Gasteiger partial charge in [0.05, 0.1) is 6.61 Å². The topological polar surface area (TPSA) is 72.8 Å². The average Bonchev–Trinajstić information content (AvgIpc) is 3.53. The Morgan fingerprint density at radius 1 is 0.218 bits per heavy atom. The maximum atomic E-state index is 12.4. The standard InChI is InChI=1S/C82H162O5/c1-3-5-7-9-11-13-15-17-19-21-23-25-27-29-31-33-35-37-38-39-40-41-42-43-44-45-47-49-51-53-55-57-59-61-63-65-67-69-71-73-75-77-82(85)87-80(78-83)79-86-81(84)76-74-72-70-68-66-64-62-60-58-56-54-52-50-48-46-36-34-32-30-28-26-24-22-20-18-16-14-12-10-8-6-4-2/h80,83H,3-79H2,1-2H3. The summed E-state index contributed by atoms with van der Waals surface area (Å²) < 4.78 is 10.8. The summed E-state index contributed by atoms with van der Waals surface area (Å²) in [6.07, 6.45) is 102. The zero-order valence-corrected chi connectivity index (χ0v) is 60.1. The van der Waals surface area contributed by atoms with E-state index in [1.54, 1.807) is 0 Å². The molecule has 0 bridgehead atoms. The molecule has 1 atom stereocenters. The number of esters is 2. The molecule has 0 aliphatic rings. The molecule has 0 aliphatic carbocycles. The Balaban J connectivity index is 3.32.